The minimum Gasteiger partial charge on any atom is -0.322 e. The van der Waals surface area contributed by atoms with Gasteiger partial charge in [0.25, 0.3) is 5.91 Å². The third kappa shape index (κ3) is 3.24. The Morgan fingerprint density at radius 1 is 0.966 bits per heavy atom. The van der Waals surface area contributed by atoms with Gasteiger partial charge in [-0.05, 0) is 36.6 Å². The predicted molar refractivity (Wildman–Crippen MR) is 111 cm³/mol. The number of anilines is 1. The van der Waals surface area contributed by atoms with Crippen molar-refractivity contribution in [2.75, 3.05) is 11.6 Å². The van der Waals surface area contributed by atoms with Crippen LogP contribution in [0.25, 0.3) is 0 Å². The van der Waals surface area contributed by atoms with Crippen LogP contribution in [-0.4, -0.2) is 23.7 Å². The summed E-state index contributed by atoms with van der Waals surface area (Å²) in [6.45, 7) is 0. The molecule has 0 saturated heterocycles. The van der Waals surface area contributed by atoms with Crippen molar-refractivity contribution in [2.45, 2.75) is 4.90 Å². The number of fused-ring (bicyclic) bond motifs is 2. The molecule has 0 heterocycles. The fourth-order valence-corrected chi connectivity index (χ4v) is 4.29. The Hall–Kier alpha value is -2.96. The number of benzene rings is 3. The number of rotatable bonds is 3. The first-order chi connectivity index (χ1) is 13.9. The standard InChI is InChI=1S/C22H13ClFNO3S/c1-29-21-15(22(28)25-11-6-9-17(24)16(23)10-11)8-7-14-18(21)20(27)13-5-3-2-4-12(13)19(14)26/h2-10H,1H3,(H,25,28). The molecule has 1 aliphatic rings. The van der Waals surface area contributed by atoms with Crippen LogP contribution >= 0.6 is 23.4 Å². The normalized spacial score (nSPS) is 12.4. The molecule has 0 aliphatic heterocycles. The number of amides is 1. The van der Waals surface area contributed by atoms with E-state index in [-0.39, 0.29) is 33.3 Å². The third-order valence-electron chi connectivity index (χ3n) is 4.67. The molecule has 144 valence electrons. The van der Waals surface area contributed by atoms with Gasteiger partial charge in [0.15, 0.2) is 11.6 Å². The zero-order valence-corrected chi connectivity index (χ0v) is 16.7. The fourth-order valence-electron chi connectivity index (χ4n) is 3.32. The zero-order chi connectivity index (χ0) is 20.7. The van der Waals surface area contributed by atoms with Gasteiger partial charge < -0.3 is 5.32 Å². The number of halogens is 2. The average Bonchev–Trinajstić information content (AvgIpc) is 2.73. The Kier molecular flexibility index (Phi) is 4.98. The number of carbonyl (C=O) groups excluding carboxylic acids is 3. The number of hydrogen-bond acceptors (Lipinski definition) is 4. The molecule has 29 heavy (non-hydrogen) atoms. The van der Waals surface area contributed by atoms with E-state index in [9.17, 15) is 18.8 Å². The second-order valence-electron chi connectivity index (χ2n) is 6.36. The molecule has 1 amide bonds. The molecule has 4 rings (SSSR count). The van der Waals surface area contributed by atoms with Crippen LogP contribution in [0, 0.1) is 5.82 Å². The highest BCUT2D eigenvalue weighted by Gasteiger charge is 2.33. The van der Waals surface area contributed by atoms with Gasteiger partial charge in [0.1, 0.15) is 5.82 Å². The highest BCUT2D eigenvalue weighted by molar-refractivity contribution is 7.98. The van der Waals surface area contributed by atoms with Crippen LogP contribution in [0.15, 0.2) is 59.5 Å². The molecule has 1 N–H and O–H groups in total. The molecule has 7 heteroatoms. The molecular weight excluding hydrogens is 413 g/mol. The summed E-state index contributed by atoms with van der Waals surface area (Å²) in [4.78, 5) is 39.2. The average molecular weight is 426 g/mol. The Bertz CT molecular complexity index is 1210. The number of carbonyl (C=O) groups is 3. The molecular formula is C22H13ClFNO3S. The molecule has 0 spiro atoms. The Morgan fingerprint density at radius 3 is 2.31 bits per heavy atom. The van der Waals surface area contributed by atoms with Gasteiger partial charge in [-0.3, -0.25) is 14.4 Å². The lowest BCUT2D eigenvalue weighted by atomic mass is 9.83. The summed E-state index contributed by atoms with van der Waals surface area (Å²) in [5, 5.41) is 2.54. The smallest absolute Gasteiger partial charge is 0.256 e. The van der Waals surface area contributed by atoms with Crippen LogP contribution < -0.4 is 5.32 Å². The van der Waals surface area contributed by atoms with E-state index < -0.39 is 11.7 Å². The molecule has 0 radical (unpaired) electrons. The van der Waals surface area contributed by atoms with E-state index in [0.717, 1.165) is 6.07 Å². The lowest BCUT2D eigenvalue weighted by Crippen LogP contribution is -2.24. The SMILES string of the molecule is CSc1c(C(=O)Nc2ccc(F)c(Cl)c2)ccc2c1C(=O)c1ccccc1C2=O. The van der Waals surface area contributed by atoms with Crippen molar-refractivity contribution in [3.63, 3.8) is 0 Å². The minimum atomic E-state index is -0.592. The van der Waals surface area contributed by atoms with E-state index >= 15 is 0 Å². The second-order valence-corrected chi connectivity index (χ2v) is 7.58. The number of hydrogen-bond donors (Lipinski definition) is 1. The summed E-state index contributed by atoms with van der Waals surface area (Å²) in [6, 6.07) is 13.5. The van der Waals surface area contributed by atoms with Crippen LogP contribution in [0.4, 0.5) is 10.1 Å². The summed E-state index contributed by atoms with van der Waals surface area (Å²) in [5.41, 5.74) is 1.75. The van der Waals surface area contributed by atoms with E-state index in [0.29, 0.717) is 21.7 Å². The Morgan fingerprint density at radius 2 is 1.66 bits per heavy atom. The minimum absolute atomic E-state index is 0.115. The first kappa shape index (κ1) is 19.4. The molecule has 0 fully saturated rings. The molecule has 0 saturated carbocycles. The number of nitrogens with one attached hydrogen (secondary N) is 1. The summed E-state index contributed by atoms with van der Waals surface area (Å²) < 4.78 is 13.3. The molecule has 0 unspecified atom stereocenters. The third-order valence-corrected chi connectivity index (χ3v) is 5.79. The van der Waals surface area contributed by atoms with Crippen molar-refractivity contribution >= 4 is 46.5 Å². The van der Waals surface area contributed by atoms with Gasteiger partial charge in [-0.1, -0.05) is 35.9 Å². The Labute approximate surface area is 175 Å². The second kappa shape index (κ2) is 7.46. The van der Waals surface area contributed by atoms with Crippen molar-refractivity contribution in [2.24, 2.45) is 0 Å². The van der Waals surface area contributed by atoms with Gasteiger partial charge in [-0.25, -0.2) is 4.39 Å². The van der Waals surface area contributed by atoms with E-state index in [2.05, 4.69) is 5.32 Å². The molecule has 3 aromatic rings. The summed E-state index contributed by atoms with van der Waals surface area (Å²) in [5.74, 6) is -1.62. The predicted octanol–water partition coefficient (Wildman–Crippen LogP) is 5.23. The van der Waals surface area contributed by atoms with E-state index in [1.807, 2.05) is 0 Å². The van der Waals surface area contributed by atoms with E-state index in [1.54, 1.807) is 30.5 Å². The maximum atomic E-state index is 13.3. The molecule has 3 aromatic carbocycles. The molecule has 4 nitrogen and oxygen atoms in total. The van der Waals surface area contributed by atoms with Gasteiger partial charge in [0.05, 0.1) is 10.6 Å². The maximum absolute atomic E-state index is 13.3. The van der Waals surface area contributed by atoms with Crippen molar-refractivity contribution in [3.8, 4) is 0 Å². The summed E-state index contributed by atoms with van der Waals surface area (Å²) in [6.07, 6.45) is 1.74. The van der Waals surface area contributed by atoms with Gasteiger partial charge in [0, 0.05) is 32.8 Å². The highest BCUT2D eigenvalue weighted by Crippen LogP contribution is 2.36. The van der Waals surface area contributed by atoms with Crippen molar-refractivity contribution in [1.82, 2.24) is 0 Å². The molecule has 0 aromatic heterocycles. The van der Waals surface area contributed by atoms with Gasteiger partial charge in [0.2, 0.25) is 0 Å². The molecule has 0 bridgehead atoms. The quantitative estimate of drug-likeness (QED) is 0.456. The van der Waals surface area contributed by atoms with Crippen LogP contribution in [0.5, 0.6) is 0 Å². The van der Waals surface area contributed by atoms with E-state index in [4.69, 9.17) is 11.6 Å². The van der Waals surface area contributed by atoms with Crippen LogP contribution in [-0.2, 0) is 0 Å². The highest BCUT2D eigenvalue weighted by atomic mass is 35.5. The topological polar surface area (TPSA) is 63.2 Å². The number of thioether (sulfide) groups is 1. The van der Waals surface area contributed by atoms with Crippen LogP contribution in [0.2, 0.25) is 5.02 Å². The largest absolute Gasteiger partial charge is 0.322 e. The van der Waals surface area contributed by atoms with Crippen LogP contribution in [0.1, 0.15) is 42.2 Å². The summed E-state index contributed by atoms with van der Waals surface area (Å²) in [7, 11) is 0. The number of ketones is 2. The molecule has 0 atom stereocenters. The van der Waals surface area contributed by atoms with Crippen molar-refractivity contribution < 1.29 is 18.8 Å². The van der Waals surface area contributed by atoms with Crippen LogP contribution in [0.3, 0.4) is 0 Å². The monoisotopic (exact) mass is 425 g/mol. The maximum Gasteiger partial charge on any atom is 0.256 e. The van der Waals surface area contributed by atoms with Gasteiger partial charge in [-0.15, -0.1) is 11.8 Å². The van der Waals surface area contributed by atoms with E-state index in [1.165, 1.54) is 36.0 Å². The first-order valence-corrected chi connectivity index (χ1v) is 10.2. The van der Waals surface area contributed by atoms with Gasteiger partial charge in [-0.2, -0.15) is 0 Å². The fraction of sp³-hybridized carbons (Fsp3) is 0.0455. The van der Waals surface area contributed by atoms with Gasteiger partial charge >= 0.3 is 0 Å². The Balaban J connectivity index is 1.78. The lowest BCUT2D eigenvalue weighted by Gasteiger charge is -2.21. The van der Waals surface area contributed by atoms with Crippen molar-refractivity contribution in [3.05, 3.63) is 93.3 Å². The lowest BCUT2D eigenvalue weighted by molar-refractivity contribution is 0.0975. The summed E-state index contributed by atoms with van der Waals surface area (Å²) >= 11 is 6.98. The molecule has 1 aliphatic carbocycles. The zero-order valence-electron chi connectivity index (χ0n) is 15.1. The van der Waals surface area contributed by atoms with Crippen molar-refractivity contribution in [1.29, 1.82) is 0 Å². The first-order valence-electron chi connectivity index (χ1n) is 8.58.